The number of hydrogen-bond donors (Lipinski definition) is 0. The summed E-state index contributed by atoms with van der Waals surface area (Å²) in [6.07, 6.45) is -0.421. The topological polar surface area (TPSA) is 92.0 Å². The first-order chi connectivity index (χ1) is 13.3. The van der Waals surface area contributed by atoms with Crippen molar-refractivity contribution in [2.45, 2.75) is 53.6 Å². The molecule has 0 aliphatic carbocycles. The molecule has 0 unspecified atom stereocenters. The van der Waals surface area contributed by atoms with Gasteiger partial charge in [0.05, 0.1) is 13.2 Å². The van der Waals surface area contributed by atoms with Crippen LogP contribution in [0.15, 0.2) is 21.3 Å². The van der Waals surface area contributed by atoms with E-state index in [-0.39, 0.29) is 25.4 Å². The van der Waals surface area contributed by atoms with E-state index in [1.807, 2.05) is 6.92 Å². The third kappa shape index (κ3) is 4.71. The highest BCUT2D eigenvalue weighted by molar-refractivity contribution is 5.86. The van der Waals surface area contributed by atoms with E-state index in [1.54, 1.807) is 39.8 Å². The van der Waals surface area contributed by atoms with Crippen molar-refractivity contribution in [2.75, 3.05) is 13.2 Å². The van der Waals surface area contributed by atoms with E-state index in [0.717, 1.165) is 10.9 Å². The molecule has 7 heteroatoms. The van der Waals surface area contributed by atoms with Gasteiger partial charge in [-0.15, -0.1) is 0 Å². The quantitative estimate of drug-likeness (QED) is 0.505. The number of esters is 2. The highest BCUT2D eigenvalue weighted by atomic mass is 16.6. The van der Waals surface area contributed by atoms with Gasteiger partial charge < -0.3 is 18.6 Å². The predicted octanol–water partition coefficient (Wildman–Crippen LogP) is 3.24. The summed E-state index contributed by atoms with van der Waals surface area (Å²) in [6.45, 7) is 9.21. The summed E-state index contributed by atoms with van der Waals surface area (Å²) in [5.41, 5.74) is 1.73. The zero-order chi connectivity index (χ0) is 20.8. The van der Waals surface area contributed by atoms with E-state index in [2.05, 4.69) is 0 Å². The lowest BCUT2D eigenvalue weighted by Crippen LogP contribution is -2.26. The highest BCUT2D eigenvalue weighted by Crippen LogP contribution is 2.30. The zero-order valence-corrected chi connectivity index (χ0v) is 16.9. The molecule has 0 bridgehead atoms. The molecule has 0 aliphatic heterocycles. The third-order valence-corrected chi connectivity index (χ3v) is 4.46. The fourth-order valence-electron chi connectivity index (χ4n) is 2.95. The second kappa shape index (κ2) is 9.39. The molecule has 152 valence electrons. The van der Waals surface area contributed by atoms with E-state index in [4.69, 9.17) is 18.6 Å². The first-order valence-corrected chi connectivity index (χ1v) is 9.34. The maximum Gasteiger partial charge on any atom is 0.347 e. The summed E-state index contributed by atoms with van der Waals surface area (Å²) in [4.78, 5) is 35.9. The van der Waals surface area contributed by atoms with E-state index in [0.29, 0.717) is 29.1 Å². The number of rotatable bonds is 8. The summed E-state index contributed by atoms with van der Waals surface area (Å²) in [5, 5.41) is 0.757. The van der Waals surface area contributed by atoms with E-state index in [9.17, 15) is 14.4 Å². The Balaban J connectivity index is 2.35. The van der Waals surface area contributed by atoms with Crippen LogP contribution in [0.2, 0.25) is 0 Å². The monoisotopic (exact) mass is 390 g/mol. The molecule has 1 atom stereocenters. The van der Waals surface area contributed by atoms with Gasteiger partial charge >= 0.3 is 17.6 Å². The van der Waals surface area contributed by atoms with Gasteiger partial charge in [0.25, 0.3) is 0 Å². The molecule has 1 aromatic carbocycles. The molecule has 0 radical (unpaired) electrons. The number of aryl methyl sites for hydroxylation is 2. The van der Waals surface area contributed by atoms with Crippen molar-refractivity contribution in [2.24, 2.45) is 0 Å². The molecular formula is C21H26O7. The van der Waals surface area contributed by atoms with Gasteiger partial charge in [0.2, 0.25) is 0 Å². The number of carbonyl (C=O) groups excluding carboxylic acids is 2. The van der Waals surface area contributed by atoms with Crippen LogP contribution in [0.3, 0.4) is 0 Å². The van der Waals surface area contributed by atoms with E-state index in [1.165, 1.54) is 0 Å². The van der Waals surface area contributed by atoms with Crippen LogP contribution in [0.1, 0.15) is 43.9 Å². The molecule has 0 saturated heterocycles. The Kier molecular flexibility index (Phi) is 7.20. The fraction of sp³-hybridized carbons (Fsp3) is 0.476. The van der Waals surface area contributed by atoms with Gasteiger partial charge in [-0.05, 0) is 58.7 Å². The van der Waals surface area contributed by atoms with Crippen molar-refractivity contribution < 1.29 is 28.2 Å². The second-order valence-corrected chi connectivity index (χ2v) is 6.38. The Labute approximate surface area is 163 Å². The molecule has 0 spiro atoms. The number of hydrogen-bond acceptors (Lipinski definition) is 7. The van der Waals surface area contributed by atoms with Crippen LogP contribution >= 0.6 is 0 Å². The average molecular weight is 390 g/mol. The van der Waals surface area contributed by atoms with Crippen LogP contribution in [0, 0.1) is 13.8 Å². The number of ether oxygens (including phenoxy) is 3. The SMILES string of the molecule is CCOC(=O)CCc1c(C)c2ccc(O[C@H](C)C(=O)OCC)c(C)c2oc1=O. The minimum Gasteiger partial charge on any atom is -0.479 e. The molecule has 0 N–H and O–H groups in total. The van der Waals surface area contributed by atoms with Gasteiger partial charge in [-0.25, -0.2) is 9.59 Å². The van der Waals surface area contributed by atoms with Gasteiger partial charge in [-0.2, -0.15) is 0 Å². The number of benzene rings is 1. The van der Waals surface area contributed by atoms with Crippen LogP contribution in [0.4, 0.5) is 0 Å². The van der Waals surface area contributed by atoms with Crippen molar-refractivity contribution in [1.29, 1.82) is 0 Å². The normalized spacial score (nSPS) is 11.9. The minimum absolute atomic E-state index is 0.113. The largest absolute Gasteiger partial charge is 0.479 e. The van der Waals surface area contributed by atoms with Gasteiger partial charge in [0.1, 0.15) is 11.3 Å². The third-order valence-electron chi connectivity index (χ3n) is 4.46. The van der Waals surface area contributed by atoms with E-state index < -0.39 is 17.7 Å². The van der Waals surface area contributed by atoms with Crippen molar-refractivity contribution >= 4 is 22.9 Å². The second-order valence-electron chi connectivity index (χ2n) is 6.38. The Hall–Kier alpha value is -2.83. The molecule has 0 saturated carbocycles. The van der Waals surface area contributed by atoms with Crippen LogP contribution < -0.4 is 10.4 Å². The molecule has 1 heterocycles. The maximum absolute atomic E-state index is 12.5. The van der Waals surface area contributed by atoms with Gasteiger partial charge in [-0.3, -0.25) is 4.79 Å². The lowest BCUT2D eigenvalue weighted by Gasteiger charge is -2.16. The predicted molar refractivity (Wildman–Crippen MR) is 104 cm³/mol. The summed E-state index contributed by atoms with van der Waals surface area (Å²) >= 11 is 0. The van der Waals surface area contributed by atoms with Gasteiger partial charge in [0, 0.05) is 22.9 Å². The molecule has 28 heavy (non-hydrogen) atoms. The fourth-order valence-corrected chi connectivity index (χ4v) is 2.95. The summed E-state index contributed by atoms with van der Waals surface area (Å²) in [5.74, 6) is -0.377. The van der Waals surface area contributed by atoms with Crippen molar-refractivity contribution in [1.82, 2.24) is 0 Å². The smallest absolute Gasteiger partial charge is 0.347 e. The molecule has 1 aromatic heterocycles. The first kappa shape index (κ1) is 21.5. The van der Waals surface area contributed by atoms with Crippen LogP contribution in [-0.2, 0) is 25.5 Å². The Bertz CT molecular complexity index is 926. The van der Waals surface area contributed by atoms with Crippen molar-refractivity contribution in [3.63, 3.8) is 0 Å². The maximum atomic E-state index is 12.5. The van der Waals surface area contributed by atoms with Crippen LogP contribution in [0.25, 0.3) is 11.0 Å². The molecule has 0 fully saturated rings. The van der Waals surface area contributed by atoms with Crippen molar-refractivity contribution in [3.8, 4) is 5.75 Å². The average Bonchev–Trinajstić information content (AvgIpc) is 2.64. The Morgan fingerprint density at radius 2 is 1.75 bits per heavy atom. The summed E-state index contributed by atoms with van der Waals surface area (Å²) in [6, 6.07) is 3.51. The zero-order valence-electron chi connectivity index (χ0n) is 16.9. The molecule has 2 aromatic rings. The molecule has 2 rings (SSSR count). The minimum atomic E-state index is -0.784. The van der Waals surface area contributed by atoms with Gasteiger partial charge in [-0.1, -0.05) is 0 Å². The molecular weight excluding hydrogens is 364 g/mol. The Morgan fingerprint density at radius 1 is 1.07 bits per heavy atom. The standard InChI is InChI=1S/C21H26O7/c1-6-25-18(22)11-9-16-12(3)15-8-10-17(13(4)19(15)28-21(16)24)27-14(5)20(23)26-7-2/h8,10,14H,6-7,9,11H2,1-5H3/t14-/m1/s1. The molecule has 0 aliphatic rings. The van der Waals surface area contributed by atoms with E-state index >= 15 is 0 Å². The number of carbonyl (C=O) groups is 2. The molecule has 7 nitrogen and oxygen atoms in total. The molecule has 0 amide bonds. The Morgan fingerprint density at radius 3 is 2.39 bits per heavy atom. The van der Waals surface area contributed by atoms with Crippen molar-refractivity contribution in [3.05, 3.63) is 39.2 Å². The van der Waals surface area contributed by atoms with Gasteiger partial charge in [0.15, 0.2) is 6.10 Å². The highest BCUT2D eigenvalue weighted by Gasteiger charge is 2.20. The van der Waals surface area contributed by atoms with Crippen LogP contribution in [-0.4, -0.2) is 31.3 Å². The lowest BCUT2D eigenvalue weighted by molar-refractivity contribution is -0.150. The summed E-state index contributed by atoms with van der Waals surface area (Å²) < 4.78 is 21.1. The number of fused-ring (bicyclic) bond motifs is 1. The summed E-state index contributed by atoms with van der Waals surface area (Å²) in [7, 11) is 0. The first-order valence-electron chi connectivity index (χ1n) is 9.34. The van der Waals surface area contributed by atoms with Crippen LogP contribution in [0.5, 0.6) is 5.75 Å². The lowest BCUT2D eigenvalue weighted by atomic mass is 10.0.